The topological polar surface area (TPSA) is 29.5 Å². The summed E-state index contributed by atoms with van der Waals surface area (Å²) in [7, 11) is 0. The number of halogens is 1. The normalized spacial score (nSPS) is 17.1. The summed E-state index contributed by atoms with van der Waals surface area (Å²) in [5.74, 6) is 0.159. The maximum absolute atomic E-state index is 13.4. The smallest absolute Gasteiger partial charge is 0.132 e. The first-order valence-electron chi connectivity index (χ1n) is 4.82. The average Bonchev–Trinajstić information content (AvgIpc) is 2.17. The number of hydrogen-bond acceptors (Lipinski definition) is 2. The van der Waals surface area contributed by atoms with Gasteiger partial charge in [0.05, 0.1) is 18.3 Å². The van der Waals surface area contributed by atoms with E-state index in [-0.39, 0.29) is 5.82 Å². The lowest BCUT2D eigenvalue weighted by Crippen LogP contribution is -2.12. The predicted octanol–water partition coefficient (Wildman–Crippen LogP) is 2.20. The molecule has 1 heterocycles. The summed E-state index contributed by atoms with van der Waals surface area (Å²) >= 11 is 0. The van der Waals surface area contributed by atoms with Crippen LogP contribution in [0, 0.1) is 5.82 Å². The number of aliphatic hydroxyl groups is 1. The molecule has 2 nitrogen and oxygen atoms in total. The van der Waals surface area contributed by atoms with Crippen molar-refractivity contribution in [1.82, 2.24) is 0 Å². The third-order valence-corrected chi connectivity index (χ3v) is 2.48. The molecule has 1 unspecified atom stereocenters. The molecule has 0 saturated carbocycles. The van der Waals surface area contributed by atoms with Crippen LogP contribution in [-0.2, 0) is 6.42 Å². The van der Waals surface area contributed by atoms with Gasteiger partial charge in [-0.1, -0.05) is 6.07 Å². The molecule has 0 fully saturated rings. The van der Waals surface area contributed by atoms with Crippen LogP contribution >= 0.6 is 0 Å². The average molecular weight is 196 g/mol. The quantitative estimate of drug-likeness (QED) is 0.746. The van der Waals surface area contributed by atoms with Gasteiger partial charge in [-0.25, -0.2) is 4.39 Å². The zero-order valence-corrected chi connectivity index (χ0v) is 8.09. The van der Waals surface area contributed by atoms with Crippen LogP contribution in [0.15, 0.2) is 12.1 Å². The molecular formula is C11H13FO2. The summed E-state index contributed by atoms with van der Waals surface area (Å²) in [6.07, 6.45) is 1.04. The van der Waals surface area contributed by atoms with Crippen LogP contribution in [0.1, 0.15) is 30.6 Å². The standard InChI is InChI=1S/C11H13FO2/c1-7(13)10-9(12)5-4-8-3-2-6-14-11(8)10/h4-5,7,13H,2-3,6H2,1H3. The number of ether oxygens (including phenoxy) is 1. The number of benzene rings is 1. The maximum atomic E-state index is 13.4. The molecule has 76 valence electrons. The molecule has 0 aromatic heterocycles. The van der Waals surface area contributed by atoms with Gasteiger partial charge in [-0.2, -0.15) is 0 Å². The summed E-state index contributed by atoms with van der Waals surface area (Å²) in [6, 6.07) is 3.13. The highest BCUT2D eigenvalue weighted by Crippen LogP contribution is 2.34. The second-order valence-electron chi connectivity index (χ2n) is 3.58. The second kappa shape index (κ2) is 3.58. The summed E-state index contributed by atoms with van der Waals surface area (Å²) in [5, 5.41) is 9.44. The number of aryl methyl sites for hydroxylation is 1. The summed E-state index contributed by atoms with van der Waals surface area (Å²) < 4.78 is 18.8. The molecule has 0 saturated heterocycles. The Labute approximate surface area is 82.3 Å². The van der Waals surface area contributed by atoms with E-state index in [1.165, 1.54) is 6.07 Å². The van der Waals surface area contributed by atoms with E-state index in [9.17, 15) is 9.50 Å². The van der Waals surface area contributed by atoms with Gasteiger partial charge in [0.15, 0.2) is 0 Å². The molecule has 1 aliphatic rings. The Morgan fingerprint density at radius 2 is 2.29 bits per heavy atom. The van der Waals surface area contributed by atoms with E-state index in [1.807, 2.05) is 0 Å². The Balaban J connectivity index is 2.55. The van der Waals surface area contributed by atoms with Gasteiger partial charge in [-0.3, -0.25) is 0 Å². The Kier molecular flexibility index (Phi) is 2.42. The Bertz CT molecular complexity index is 347. The first-order chi connectivity index (χ1) is 6.70. The lowest BCUT2D eigenvalue weighted by atomic mass is 9.99. The molecule has 3 heteroatoms. The predicted molar refractivity (Wildman–Crippen MR) is 50.8 cm³/mol. The zero-order valence-electron chi connectivity index (χ0n) is 8.09. The molecule has 0 aliphatic carbocycles. The van der Waals surface area contributed by atoms with Crippen molar-refractivity contribution in [2.45, 2.75) is 25.9 Å². The number of fused-ring (bicyclic) bond motifs is 1. The number of hydrogen-bond donors (Lipinski definition) is 1. The van der Waals surface area contributed by atoms with E-state index < -0.39 is 6.10 Å². The Morgan fingerprint density at radius 3 is 3.00 bits per heavy atom. The van der Waals surface area contributed by atoms with Crippen molar-refractivity contribution >= 4 is 0 Å². The van der Waals surface area contributed by atoms with E-state index in [0.717, 1.165) is 18.4 Å². The fourth-order valence-electron chi connectivity index (χ4n) is 1.81. The van der Waals surface area contributed by atoms with Crippen LogP contribution in [0.2, 0.25) is 0 Å². The molecule has 2 rings (SSSR count). The van der Waals surface area contributed by atoms with Gasteiger partial charge in [-0.05, 0) is 31.4 Å². The molecule has 0 spiro atoms. The molecule has 1 N–H and O–H groups in total. The maximum Gasteiger partial charge on any atom is 0.132 e. The summed E-state index contributed by atoms with van der Waals surface area (Å²) in [5.41, 5.74) is 1.29. The van der Waals surface area contributed by atoms with Crippen molar-refractivity contribution in [2.24, 2.45) is 0 Å². The van der Waals surface area contributed by atoms with Crippen LogP contribution in [0.4, 0.5) is 4.39 Å². The number of aliphatic hydroxyl groups excluding tert-OH is 1. The minimum atomic E-state index is -0.817. The Morgan fingerprint density at radius 1 is 1.50 bits per heavy atom. The van der Waals surface area contributed by atoms with Gasteiger partial charge in [0.1, 0.15) is 11.6 Å². The Hall–Kier alpha value is -1.09. The van der Waals surface area contributed by atoms with Crippen LogP contribution in [-0.4, -0.2) is 11.7 Å². The molecule has 1 atom stereocenters. The van der Waals surface area contributed by atoms with Crippen LogP contribution in [0.3, 0.4) is 0 Å². The molecule has 0 bridgehead atoms. The molecule has 0 radical (unpaired) electrons. The van der Waals surface area contributed by atoms with E-state index in [2.05, 4.69) is 0 Å². The zero-order chi connectivity index (χ0) is 10.1. The van der Waals surface area contributed by atoms with Gasteiger partial charge in [0.25, 0.3) is 0 Å². The summed E-state index contributed by atoms with van der Waals surface area (Å²) in [4.78, 5) is 0. The third-order valence-electron chi connectivity index (χ3n) is 2.48. The van der Waals surface area contributed by atoms with Gasteiger partial charge in [0, 0.05) is 0 Å². The molecular weight excluding hydrogens is 183 g/mol. The third kappa shape index (κ3) is 1.48. The number of rotatable bonds is 1. The molecule has 1 aromatic carbocycles. The van der Waals surface area contributed by atoms with Crippen molar-refractivity contribution < 1.29 is 14.2 Å². The lowest BCUT2D eigenvalue weighted by Gasteiger charge is -2.21. The van der Waals surface area contributed by atoms with E-state index in [1.54, 1.807) is 13.0 Å². The van der Waals surface area contributed by atoms with Crippen molar-refractivity contribution in [3.63, 3.8) is 0 Å². The van der Waals surface area contributed by atoms with Crippen molar-refractivity contribution in [3.8, 4) is 5.75 Å². The highest BCUT2D eigenvalue weighted by molar-refractivity contribution is 5.44. The summed E-state index contributed by atoms with van der Waals surface area (Å²) in [6.45, 7) is 2.16. The fraction of sp³-hybridized carbons (Fsp3) is 0.455. The van der Waals surface area contributed by atoms with E-state index in [0.29, 0.717) is 17.9 Å². The molecule has 14 heavy (non-hydrogen) atoms. The second-order valence-corrected chi connectivity index (χ2v) is 3.58. The van der Waals surface area contributed by atoms with Gasteiger partial charge in [-0.15, -0.1) is 0 Å². The van der Waals surface area contributed by atoms with E-state index in [4.69, 9.17) is 4.74 Å². The van der Waals surface area contributed by atoms with Crippen molar-refractivity contribution in [2.75, 3.05) is 6.61 Å². The van der Waals surface area contributed by atoms with Gasteiger partial charge >= 0.3 is 0 Å². The minimum Gasteiger partial charge on any atom is -0.493 e. The van der Waals surface area contributed by atoms with Gasteiger partial charge in [0.2, 0.25) is 0 Å². The minimum absolute atomic E-state index is 0.294. The van der Waals surface area contributed by atoms with Crippen LogP contribution in [0.25, 0.3) is 0 Å². The highest BCUT2D eigenvalue weighted by Gasteiger charge is 2.20. The van der Waals surface area contributed by atoms with Crippen molar-refractivity contribution in [3.05, 3.63) is 29.1 Å². The lowest BCUT2D eigenvalue weighted by molar-refractivity contribution is 0.182. The first kappa shape index (κ1) is 9.46. The highest BCUT2D eigenvalue weighted by atomic mass is 19.1. The van der Waals surface area contributed by atoms with Crippen LogP contribution in [0.5, 0.6) is 5.75 Å². The first-order valence-corrected chi connectivity index (χ1v) is 4.82. The van der Waals surface area contributed by atoms with E-state index >= 15 is 0 Å². The fourth-order valence-corrected chi connectivity index (χ4v) is 1.81. The van der Waals surface area contributed by atoms with Gasteiger partial charge < -0.3 is 9.84 Å². The van der Waals surface area contributed by atoms with Crippen LogP contribution < -0.4 is 4.74 Å². The largest absolute Gasteiger partial charge is 0.493 e. The molecule has 0 amide bonds. The SMILES string of the molecule is CC(O)c1c(F)ccc2c1OCCC2. The van der Waals surface area contributed by atoms with Crippen molar-refractivity contribution in [1.29, 1.82) is 0 Å². The molecule has 1 aliphatic heterocycles. The monoisotopic (exact) mass is 196 g/mol. The molecule has 1 aromatic rings.